The molecule has 0 radical (unpaired) electrons. The zero-order valence-corrected chi connectivity index (χ0v) is 4.31. The molecule has 1 unspecified atom stereocenters. The standard InChI is InChI=1S/C4H7ClO/c1-4(5)2-3-6/h2-4,6H,1H3/b3-2+. The van der Waals surface area contributed by atoms with E-state index >= 15 is 0 Å². The summed E-state index contributed by atoms with van der Waals surface area (Å²) in [5, 5.41) is 7.91. The predicted octanol–water partition coefficient (Wildman–Crippen LogP) is 1.69. The quantitative estimate of drug-likeness (QED) is 0.398. The van der Waals surface area contributed by atoms with Gasteiger partial charge in [0.05, 0.1) is 11.6 Å². The van der Waals surface area contributed by atoms with E-state index in [0.29, 0.717) is 0 Å². The molecule has 0 aromatic heterocycles. The van der Waals surface area contributed by atoms with E-state index in [1.165, 1.54) is 6.08 Å². The van der Waals surface area contributed by atoms with Crippen LogP contribution in [0.25, 0.3) is 0 Å². The van der Waals surface area contributed by atoms with Gasteiger partial charge in [-0.1, -0.05) is 0 Å². The minimum absolute atomic E-state index is 0.0602. The summed E-state index contributed by atoms with van der Waals surface area (Å²) in [6, 6.07) is 0. The maximum atomic E-state index is 7.97. The fourth-order valence-electron chi connectivity index (χ4n) is 0.119. The summed E-state index contributed by atoms with van der Waals surface area (Å²) in [6.07, 6.45) is 2.43. The molecule has 0 saturated carbocycles. The second-order valence-electron chi connectivity index (χ2n) is 1.02. The molecule has 0 aromatic rings. The van der Waals surface area contributed by atoms with Gasteiger partial charge in [0, 0.05) is 0 Å². The molecule has 0 heterocycles. The molecule has 0 aliphatic heterocycles. The summed E-state index contributed by atoms with van der Waals surface area (Å²) in [5.41, 5.74) is 0. The van der Waals surface area contributed by atoms with Crippen molar-refractivity contribution in [3.05, 3.63) is 12.3 Å². The fraction of sp³-hybridized carbons (Fsp3) is 0.500. The lowest BCUT2D eigenvalue weighted by atomic mass is 10.5. The molecule has 0 aliphatic rings. The zero-order valence-electron chi connectivity index (χ0n) is 3.56. The van der Waals surface area contributed by atoms with E-state index in [2.05, 4.69) is 0 Å². The Morgan fingerprint density at radius 1 is 1.83 bits per heavy atom. The number of rotatable bonds is 1. The zero-order chi connectivity index (χ0) is 4.99. The third-order valence-corrected chi connectivity index (χ3v) is 0.497. The molecule has 36 valence electrons. The highest BCUT2D eigenvalue weighted by Crippen LogP contribution is 1.91. The van der Waals surface area contributed by atoms with Gasteiger partial charge in [-0.3, -0.25) is 0 Å². The molecule has 1 atom stereocenters. The monoisotopic (exact) mass is 106 g/mol. The summed E-state index contributed by atoms with van der Waals surface area (Å²) in [4.78, 5) is 0. The van der Waals surface area contributed by atoms with Crippen LogP contribution in [0.2, 0.25) is 0 Å². The number of allylic oxidation sites excluding steroid dienone is 1. The number of hydrogen-bond donors (Lipinski definition) is 1. The first-order valence-corrected chi connectivity index (χ1v) is 2.16. The summed E-state index contributed by atoms with van der Waals surface area (Å²) >= 11 is 5.33. The Morgan fingerprint density at radius 3 is 2.33 bits per heavy atom. The van der Waals surface area contributed by atoms with E-state index < -0.39 is 0 Å². The van der Waals surface area contributed by atoms with Gasteiger partial charge in [0.15, 0.2) is 0 Å². The van der Waals surface area contributed by atoms with Crippen LogP contribution in [0.4, 0.5) is 0 Å². The van der Waals surface area contributed by atoms with Crippen molar-refractivity contribution < 1.29 is 5.11 Å². The van der Waals surface area contributed by atoms with Gasteiger partial charge in [0.25, 0.3) is 0 Å². The average Bonchev–Trinajstić information content (AvgIpc) is 1.35. The summed E-state index contributed by atoms with van der Waals surface area (Å²) < 4.78 is 0. The lowest BCUT2D eigenvalue weighted by molar-refractivity contribution is 0.471. The number of halogens is 1. The third-order valence-electron chi connectivity index (χ3n) is 0.351. The molecule has 2 heteroatoms. The minimum Gasteiger partial charge on any atom is -0.516 e. The SMILES string of the molecule is CC(Cl)/C=C/O. The smallest absolute Gasteiger partial charge is 0.0766 e. The predicted molar refractivity (Wildman–Crippen MR) is 27.1 cm³/mol. The molecule has 0 fully saturated rings. The summed E-state index contributed by atoms with van der Waals surface area (Å²) in [5.74, 6) is 0. The maximum Gasteiger partial charge on any atom is 0.0766 e. The van der Waals surface area contributed by atoms with Gasteiger partial charge in [-0.15, -0.1) is 11.6 Å². The van der Waals surface area contributed by atoms with E-state index in [9.17, 15) is 0 Å². The summed E-state index contributed by atoms with van der Waals surface area (Å²) in [7, 11) is 0. The van der Waals surface area contributed by atoms with Gasteiger partial charge in [-0.05, 0) is 13.0 Å². The van der Waals surface area contributed by atoms with Crippen molar-refractivity contribution in [2.24, 2.45) is 0 Å². The van der Waals surface area contributed by atoms with E-state index in [1.807, 2.05) is 0 Å². The van der Waals surface area contributed by atoms with Crippen molar-refractivity contribution in [2.45, 2.75) is 12.3 Å². The number of aliphatic hydroxyl groups is 1. The Hall–Kier alpha value is -0.170. The Balaban J connectivity index is 3.03. The molecule has 1 nitrogen and oxygen atoms in total. The van der Waals surface area contributed by atoms with Crippen LogP contribution < -0.4 is 0 Å². The van der Waals surface area contributed by atoms with Crippen LogP contribution in [0.1, 0.15) is 6.92 Å². The number of hydrogen-bond acceptors (Lipinski definition) is 1. The highest BCUT2D eigenvalue weighted by molar-refractivity contribution is 6.21. The Bertz CT molecular complexity index is 49.5. The number of alkyl halides is 1. The van der Waals surface area contributed by atoms with Gasteiger partial charge in [0.1, 0.15) is 0 Å². The van der Waals surface area contributed by atoms with Gasteiger partial charge in [0.2, 0.25) is 0 Å². The third kappa shape index (κ3) is 3.83. The van der Waals surface area contributed by atoms with Crippen LogP contribution in [0.15, 0.2) is 12.3 Å². The van der Waals surface area contributed by atoms with E-state index in [0.717, 1.165) is 6.26 Å². The van der Waals surface area contributed by atoms with E-state index in [4.69, 9.17) is 16.7 Å². The molecule has 0 amide bonds. The van der Waals surface area contributed by atoms with Gasteiger partial charge < -0.3 is 5.11 Å². The Kier molecular flexibility index (Phi) is 2.95. The lowest BCUT2D eigenvalue weighted by Gasteiger charge is -1.83. The van der Waals surface area contributed by atoms with Crippen LogP contribution in [0.5, 0.6) is 0 Å². The molecular formula is C4H7ClO. The first kappa shape index (κ1) is 5.83. The minimum atomic E-state index is -0.0602. The highest BCUT2D eigenvalue weighted by Gasteiger charge is 1.81. The van der Waals surface area contributed by atoms with Crippen LogP contribution in [0.3, 0.4) is 0 Å². The molecule has 0 rings (SSSR count). The molecule has 6 heavy (non-hydrogen) atoms. The molecule has 0 aromatic carbocycles. The van der Waals surface area contributed by atoms with Gasteiger partial charge in [-0.25, -0.2) is 0 Å². The second kappa shape index (κ2) is 3.04. The molecule has 0 spiro atoms. The largest absolute Gasteiger partial charge is 0.516 e. The van der Waals surface area contributed by atoms with Crippen molar-refractivity contribution in [1.82, 2.24) is 0 Å². The molecule has 0 bridgehead atoms. The number of aliphatic hydroxyl groups excluding tert-OH is 1. The van der Waals surface area contributed by atoms with E-state index in [-0.39, 0.29) is 5.38 Å². The van der Waals surface area contributed by atoms with Crippen LogP contribution >= 0.6 is 11.6 Å². The second-order valence-corrected chi connectivity index (χ2v) is 1.71. The Morgan fingerprint density at radius 2 is 2.33 bits per heavy atom. The van der Waals surface area contributed by atoms with Crippen molar-refractivity contribution >= 4 is 11.6 Å². The average molecular weight is 107 g/mol. The van der Waals surface area contributed by atoms with Crippen LogP contribution in [0, 0.1) is 0 Å². The topological polar surface area (TPSA) is 20.2 Å². The maximum absolute atomic E-state index is 7.97. The first-order chi connectivity index (χ1) is 2.77. The summed E-state index contributed by atoms with van der Waals surface area (Å²) in [6.45, 7) is 1.77. The van der Waals surface area contributed by atoms with Crippen LogP contribution in [-0.4, -0.2) is 10.5 Å². The molecule has 1 N–H and O–H groups in total. The fourth-order valence-corrected chi connectivity index (χ4v) is 0.184. The molecular weight excluding hydrogens is 99.5 g/mol. The van der Waals surface area contributed by atoms with Crippen molar-refractivity contribution in [3.8, 4) is 0 Å². The van der Waals surface area contributed by atoms with Gasteiger partial charge in [-0.2, -0.15) is 0 Å². The normalized spacial score (nSPS) is 15.7. The Labute approximate surface area is 42.2 Å². The van der Waals surface area contributed by atoms with Crippen LogP contribution in [-0.2, 0) is 0 Å². The van der Waals surface area contributed by atoms with Crippen molar-refractivity contribution in [2.75, 3.05) is 0 Å². The van der Waals surface area contributed by atoms with E-state index in [1.54, 1.807) is 6.92 Å². The molecule has 0 saturated heterocycles. The highest BCUT2D eigenvalue weighted by atomic mass is 35.5. The van der Waals surface area contributed by atoms with Gasteiger partial charge >= 0.3 is 0 Å². The first-order valence-electron chi connectivity index (χ1n) is 1.72. The van der Waals surface area contributed by atoms with Crippen molar-refractivity contribution in [3.63, 3.8) is 0 Å². The molecule has 0 aliphatic carbocycles. The van der Waals surface area contributed by atoms with Crippen molar-refractivity contribution in [1.29, 1.82) is 0 Å². The lowest BCUT2D eigenvalue weighted by Crippen LogP contribution is -1.78.